The summed E-state index contributed by atoms with van der Waals surface area (Å²) >= 11 is 0. The highest BCUT2D eigenvalue weighted by Crippen LogP contribution is 2.44. The van der Waals surface area contributed by atoms with Gasteiger partial charge in [0.25, 0.3) is 0 Å². The Morgan fingerprint density at radius 3 is 2.17 bits per heavy atom. The third-order valence-electron chi connectivity index (χ3n) is 5.69. The standard InChI is InChI=1S/C25H24FNO3/c1-2-23(24(28)20-13-7-8-14-22(20)26)27-25(29)30-15-21-18-11-5-3-9-16(18)17-10-4-6-12-19(17)21/h3-14,21,23-24,28H,2,15H2,1H3,(H,27,29). The molecule has 30 heavy (non-hydrogen) atoms. The van der Waals surface area contributed by atoms with Gasteiger partial charge in [-0.05, 0) is 34.7 Å². The highest BCUT2D eigenvalue weighted by molar-refractivity contribution is 5.79. The van der Waals surface area contributed by atoms with Crippen molar-refractivity contribution < 1.29 is 19.0 Å². The molecule has 0 saturated carbocycles. The summed E-state index contributed by atoms with van der Waals surface area (Å²) in [6.07, 6.45) is -1.35. The molecular weight excluding hydrogens is 381 g/mol. The second kappa shape index (κ2) is 8.67. The summed E-state index contributed by atoms with van der Waals surface area (Å²) in [5.41, 5.74) is 4.73. The Bertz CT molecular complexity index is 1010. The lowest BCUT2D eigenvalue weighted by molar-refractivity contribution is 0.1000. The fourth-order valence-electron chi connectivity index (χ4n) is 4.13. The molecule has 3 aromatic rings. The van der Waals surface area contributed by atoms with E-state index in [-0.39, 0.29) is 18.1 Å². The predicted molar refractivity (Wildman–Crippen MR) is 114 cm³/mol. The molecule has 3 aromatic carbocycles. The number of carbonyl (C=O) groups excluding carboxylic acids is 1. The Labute approximate surface area is 175 Å². The van der Waals surface area contributed by atoms with Crippen molar-refractivity contribution in [2.45, 2.75) is 31.4 Å². The number of nitrogens with one attached hydrogen (secondary N) is 1. The number of ether oxygens (including phenoxy) is 1. The quantitative estimate of drug-likeness (QED) is 0.594. The van der Waals surface area contributed by atoms with E-state index in [4.69, 9.17) is 4.74 Å². The van der Waals surface area contributed by atoms with Crippen LogP contribution in [0, 0.1) is 5.82 Å². The molecule has 0 bridgehead atoms. The molecule has 0 spiro atoms. The molecule has 0 radical (unpaired) electrons. The van der Waals surface area contributed by atoms with Gasteiger partial charge < -0.3 is 15.2 Å². The average molecular weight is 405 g/mol. The van der Waals surface area contributed by atoms with Crippen molar-refractivity contribution in [2.75, 3.05) is 6.61 Å². The number of aliphatic hydroxyl groups is 1. The zero-order valence-electron chi connectivity index (χ0n) is 16.7. The molecule has 154 valence electrons. The molecular formula is C25H24FNO3. The van der Waals surface area contributed by atoms with E-state index in [2.05, 4.69) is 29.6 Å². The molecule has 4 rings (SSSR count). The summed E-state index contributed by atoms with van der Waals surface area (Å²) in [6, 6.07) is 21.6. The van der Waals surface area contributed by atoms with Gasteiger partial charge in [-0.15, -0.1) is 0 Å². The first-order valence-electron chi connectivity index (χ1n) is 10.1. The van der Waals surface area contributed by atoms with Gasteiger partial charge in [-0.1, -0.05) is 73.7 Å². The Balaban J connectivity index is 1.44. The van der Waals surface area contributed by atoms with Crippen LogP contribution in [0.2, 0.25) is 0 Å². The summed E-state index contributed by atoms with van der Waals surface area (Å²) in [4.78, 5) is 12.5. The number of halogens is 1. The lowest BCUT2D eigenvalue weighted by Gasteiger charge is -2.24. The zero-order chi connectivity index (χ0) is 21.1. The molecule has 1 amide bonds. The summed E-state index contributed by atoms with van der Waals surface area (Å²) < 4.78 is 19.5. The largest absolute Gasteiger partial charge is 0.449 e. The van der Waals surface area contributed by atoms with Crippen LogP contribution in [0.1, 0.15) is 42.1 Å². The summed E-state index contributed by atoms with van der Waals surface area (Å²) in [5, 5.41) is 13.2. The van der Waals surface area contributed by atoms with Gasteiger partial charge in [-0.25, -0.2) is 9.18 Å². The third kappa shape index (κ3) is 3.81. The first-order chi connectivity index (χ1) is 14.6. The second-order valence-corrected chi connectivity index (χ2v) is 7.45. The minimum Gasteiger partial charge on any atom is -0.449 e. The van der Waals surface area contributed by atoms with Crippen molar-refractivity contribution in [3.8, 4) is 11.1 Å². The Hall–Kier alpha value is -3.18. The number of alkyl carbamates (subject to hydrolysis) is 1. The van der Waals surface area contributed by atoms with Crippen LogP contribution in [0.4, 0.5) is 9.18 Å². The van der Waals surface area contributed by atoms with Crippen LogP contribution in [0.25, 0.3) is 11.1 Å². The fourth-order valence-corrected chi connectivity index (χ4v) is 4.13. The molecule has 0 aromatic heterocycles. The van der Waals surface area contributed by atoms with Gasteiger partial charge in [0.1, 0.15) is 18.5 Å². The van der Waals surface area contributed by atoms with Crippen LogP contribution in [-0.4, -0.2) is 23.8 Å². The summed E-state index contributed by atoms with van der Waals surface area (Å²) in [5.74, 6) is -0.544. The average Bonchev–Trinajstić information content (AvgIpc) is 3.10. The van der Waals surface area contributed by atoms with Gasteiger partial charge in [0.15, 0.2) is 0 Å². The molecule has 2 N–H and O–H groups in total. The summed E-state index contributed by atoms with van der Waals surface area (Å²) in [7, 11) is 0. The topological polar surface area (TPSA) is 58.6 Å². The van der Waals surface area contributed by atoms with Crippen LogP contribution in [-0.2, 0) is 4.74 Å². The number of hydrogen-bond acceptors (Lipinski definition) is 3. The van der Waals surface area contributed by atoms with Gasteiger partial charge in [0.2, 0.25) is 0 Å². The number of carbonyl (C=O) groups is 1. The Kier molecular flexibility index (Phi) is 5.81. The van der Waals surface area contributed by atoms with Crippen molar-refractivity contribution in [3.05, 3.63) is 95.3 Å². The van der Waals surface area contributed by atoms with Crippen LogP contribution >= 0.6 is 0 Å². The number of hydrogen-bond donors (Lipinski definition) is 2. The van der Waals surface area contributed by atoms with Crippen LogP contribution in [0.3, 0.4) is 0 Å². The van der Waals surface area contributed by atoms with Crippen molar-refractivity contribution in [3.63, 3.8) is 0 Å². The Morgan fingerprint density at radius 1 is 1.00 bits per heavy atom. The first kappa shape index (κ1) is 20.1. The number of benzene rings is 3. The molecule has 1 aliphatic rings. The highest BCUT2D eigenvalue weighted by atomic mass is 19.1. The van der Waals surface area contributed by atoms with Crippen molar-refractivity contribution >= 4 is 6.09 Å². The molecule has 2 unspecified atom stereocenters. The first-order valence-corrected chi connectivity index (χ1v) is 10.1. The van der Waals surface area contributed by atoms with Crippen molar-refractivity contribution in [2.24, 2.45) is 0 Å². The molecule has 0 aliphatic heterocycles. The lowest BCUT2D eigenvalue weighted by Crippen LogP contribution is -2.40. The van der Waals surface area contributed by atoms with E-state index in [0.717, 1.165) is 22.3 Å². The predicted octanol–water partition coefficient (Wildman–Crippen LogP) is 5.18. The minimum atomic E-state index is -1.16. The van der Waals surface area contributed by atoms with Gasteiger partial charge >= 0.3 is 6.09 Å². The van der Waals surface area contributed by atoms with E-state index in [9.17, 15) is 14.3 Å². The SMILES string of the molecule is CCC(NC(=O)OCC1c2ccccc2-c2ccccc21)C(O)c1ccccc1F. The van der Waals surface area contributed by atoms with E-state index < -0.39 is 24.1 Å². The van der Waals surface area contributed by atoms with E-state index in [1.807, 2.05) is 31.2 Å². The van der Waals surface area contributed by atoms with E-state index >= 15 is 0 Å². The molecule has 2 atom stereocenters. The van der Waals surface area contributed by atoms with Crippen LogP contribution in [0.15, 0.2) is 72.8 Å². The van der Waals surface area contributed by atoms with Gasteiger partial charge in [-0.2, -0.15) is 0 Å². The van der Waals surface area contributed by atoms with Crippen molar-refractivity contribution in [1.29, 1.82) is 0 Å². The lowest BCUT2D eigenvalue weighted by atomic mass is 9.98. The van der Waals surface area contributed by atoms with Crippen molar-refractivity contribution in [1.82, 2.24) is 5.32 Å². The zero-order valence-corrected chi connectivity index (χ0v) is 16.7. The monoisotopic (exact) mass is 405 g/mol. The molecule has 0 fully saturated rings. The van der Waals surface area contributed by atoms with Gasteiger partial charge in [-0.3, -0.25) is 0 Å². The third-order valence-corrected chi connectivity index (χ3v) is 5.69. The smallest absolute Gasteiger partial charge is 0.407 e. The van der Waals surface area contributed by atoms with Gasteiger partial charge in [0.05, 0.1) is 6.04 Å². The van der Waals surface area contributed by atoms with Crippen LogP contribution in [0.5, 0.6) is 0 Å². The molecule has 1 aliphatic carbocycles. The Morgan fingerprint density at radius 2 is 1.57 bits per heavy atom. The maximum absolute atomic E-state index is 14.0. The highest BCUT2D eigenvalue weighted by Gasteiger charge is 2.30. The van der Waals surface area contributed by atoms with Gasteiger partial charge in [0, 0.05) is 11.5 Å². The molecule has 5 heteroatoms. The fraction of sp³-hybridized carbons (Fsp3) is 0.240. The number of aliphatic hydroxyl groups excluding tert-OH is 1. The van der Waals surface area contributed by atoms with E-state index in [0.29, 0.717) is 6.42 Å². The molecule has 0 saturated heterocycles. The summed E-state index contributed by atoms with van der Waals surface area (Å²) in [6.45, 7) is 2.00. The normalized spacial score (nSPS) is 14.5. The minimum absolute atomic E-state index is 0.0419. The maximum Gasteiger partial charge on any atom is 0.407 e. The van der Waals surface area contributed by atoms with Crippen LogP contribution < -0.4 is 5.32 Å². The molecule has 0 heterocycles. The number of fused-ring (bicyclic) bond motifs is 3. The van der Waals surface area contributed by atoms with E-state index in [1.54, 1.807) is 12.1 Å². The molecule has 4 nitrogen and oxygen atoms in total. The van der Waals surface area contributed by atoms with E-state index in [1.165, 1.54) is 12.1 Å². The maximum atomic E-state index is 14.0. The second-order valence-electron chi connectivity index (χ2n) is 7.45. The number of rotatable bonds is 6. The number of amides is 1.